The molecule has 0 spiro atoms. The standard InChI is InChI=1S/C12H12F6N2O/c13-9-2-1-7(12(16,17)18)5-8(9)11(21)20(4-3-19)6-10(14)15/h1-2,5,10H,3-4,6,19H2. The van der Waals surface area contributed by atoms with Crippen molar-refractivity contribution in [1.82, 2.24) is 4.90 Å². The maximum Gasteiger partial charge on any atom is 0.416 e. The van der Waals surface area contributed by atoms with E-state index in [9.17, 15) is 31.1 Å². The van der Waals surface area contributed by atoms with Gasteiger partial charge in [0, 0.05) is 13.1 Å². The summed E-state index contributed by atoms with van der Waals surface area (Å²) >= 11 is 0. The molecule has 0 fully saturated rings. The number of nitrogens with zero attached hydrogens (tertiary/aromatic N) is 1. The van der Waals surface area contributed by atoms with Gasteiger partial charge in [0.1, 0.15) is 5.82 Å². The number of benzene rings is 1. The van der Waals surface area contributed by atoms with Crippen LogP contribution in [0.15, 0.2) is 18.2 Å². The van der Waals surface area contributed by atoms with E-state index in [1.54, 1.807) is 0 Å². The molecule has 0 saturated carbocycles. The average molecular weight is 314 g/mol. The Balaban J connectivity index is 3.14. The number of hydrogen-bond donors (Lipinski definition) is 1. The number of carbonyl (C=O) groups excluding carboxylic acids is 1. The Morgan fingerprint density at radius 2 is 1.90 bits per heavy atom. The number of halogens is 6. The van der Waals surface area contributed by atoms with Gasteiger partial charge in [-0.15, -0.1) is 0 Å². The zero-order chi connectivity index (χ0) is 16.2. The van der Waals surface area contributed by atoms with Gasteiger partial charge in [-0.3, -0.25) is 4.79 Å². The normalized spacial score (nSPS) is 11.8. The Morgan fingerprint density at radius 3 is 2.38 bits per heavy atom. The molecule has 1 aromatic rings. The molecule has 0 aliphatic heterocycles. The molecule has 1 aromatic carbocycles. The Labute approximate surface area is 116 Å². The van der Waals surface area contributed by atoms with Gasteiger partial charge in [-0.2, -0.15) is 13.2 Å². The maximum atomic E-state index is 13.5. The molecule has 0 aliphatic carbocycles. The maximum absolute atomic E-state index is 13.5. The van der Waals surface area contributed by atoms with Crippen LogP contribution < -0.4 is 5.73 Å². The third-order valence-electron chi connectivity index (χ3n) is 2.57. The van der Waals surface area contributed by atoms with Crippen molar-refractivity contribution in [2.45, 2.75) is 12.6 Å². The summed E-state index contributed by atoms with van der Waals surface area (Å²) in [5, 5.41) is 0. The molecular weight excluding hydrogens is 302 g/mol. The van der Waals surface area contributed by atoms with Gasteiger partial charge in [0.05, 0.1) is 17.7 Å². The van der Waals surface area contributed by atoms with Crippen LogP contribution in [-0.2, 0) is 6.18 Å². The Kier molecular flexibility index (Phi) is 5.59. The van der Waals surface area contributed by atoms with E-state index < -0.39 is 42.0 Å². The molecule has 2 N–H and O–H groups in total. The SMILES string of the molecule is NCCN(CC(F)F)C(=O)c1cc(C(F)(F)F)ccc1F. The minimum atomic E-state index is -4.77. The first kappa shape index (κ1) is 17.3. The summed E-state index contributed by atoms with van der Waals surface area (Å²) in [6.07, 6.45) is -7.68. The lowest BCUT2D eigenvalue weighted by Crippen LogP contribution is -2.39. The molecule has 0 heterocycles. The smallest absolute Gasteiger partial charge is 0.332 e. The molecule has 0 unspecified atom stereocenters. The van der Waals surface area contributed by atoms with Crippen LogP contribution in [0.2, 0.25) is 0 Å². The lowest BCUT2D eigenvalue weighted by Gasteiger charge is -2.22. The van der Waals surface area contributed by atoms with Crippen molar-refractivity contribution in [2.75, 3.05) is 19.6 Å². The minimum absolute atomic E-state index is 0.182. The predicted molar refractivity (Wildman–Crippen MR) is 62.4 cm³/mol. The number of nitrogens with two attached hydrogens (primary N) is 1. The van der Waals surface area contributed by atoms with E-state index >= 15 is 0 Å². The second kappa shape index (κ2) is 6.79. The third kappa shape index (κ3) is 4.62. The number of amides is 1. The number of alkyl halides is 5. The van der Waals surface area contributed by atoms with Crippen LogP contribution in [0, 0.1) is 5.82 Å². The minimum Gasteiger partial charge on any atom is -0.332 e. The van der Waals surface area contributed by atoms with Crippen molar-refractivity contribution in [1.29, 1.82) is 0 Å². The highest BCUT2D eigenvalue weighted by Crippen LogP contribution is 2.30. The van der Waals surface area contributed by atoms with Gasteiger partial charge < -0.3 is 10.6 Å². The molecule has 21 heavy (non-hydrogen) atoms. The van der Waals surface area contributed by atoms with Gasteiger partial charge in [0.15, 0.2) is 0 Å². The first-order chi connectivity index (χ1) is 9.66. The van der Waals surface area contributed by atoms with Crippen molar-refractivity contribution < 1.29 is 31.1 Å². The van der Waals surface area contributed by atoms with Gasteiger partial charge in [-0.1, -0.05) is 0 Å². The van der Waals surface area contributed by atoms with Crippen LogP contribution >= 0.6 is 0 Å². The van der Waals surface area contributed by atoms with E-state index in [1.807, 2.05) is 0 Å². The fourth-order valence-corrected chi connectivity index (χ4v) is 1.63. The Hall–Kier alpha value is -1.77. The van der Waals surface area contributed by atoms with Crippen LogP contribution in [0.4, 0.5) is 26.3 Å². The number of rotatable bonds is 5. The van der Waals surface area contributed by atoms with E-state index in [-0.39, 0.29) is 13.1 Å². The van der Waals surface area contributed by atoms with Crippen LogP contribution in [0.5, 0.6) is 0 Å². The second-order valence-corrected chi connectivity index (χ2v) is 4.12. The van der Waals surface area contributed by atoms with Gasteiger partial charge in [-0.05, 0) is 18.2 Å². The van der Waals surface area contributed by atoms with E-state index in [0.29, 0.717) is 23.1 Å². The summed E-state index contributed by atoms with van der Waals surface area (Å²) in [6, 6.07) is 1.23. The summed E-state index contributed by atoms with van der Waals surface area (Å²) in [5.41, 5.74) is 2.99. The summed E-state index contributed by atoms with van der Waals surface area (Å²) < 4.78 is 75.8. The molecule has 118 valence electrons. The van der Waals surface area contributed by atoms with Gasteiger partial charge in [0.2, 0.25) is 0 Å². The lowest BCUT2D eigenvalue weighted by molar-refractivity contribution is -0.137. The predicted octanol–water partition coefficient (Wildman–Crippen LogP) is 2.51. The van der Waals surface area contributed by atoms with E-state index in [4.69, 9.17) is 5.73 Å². The van der Waals surface area contributed by atoms with Crippen LogP contribution in [0.25, 0.3) is 0 Å². The summed E-state index contributed by atoms with van der Waals surface area (Å²) in [5.74, 6) is -2.48. The summed E-state index contributed by atoms with van der Waals surface area (Å²) in [4.78, 5) is 12.4. The molecule has 0 aromatic heterocycles. The van der Waals surface area contributed by atoms with Gasteiger partial charge in [0.25, 0.3) is 12.3 Å². The molecule has 1 rings (SSSR count). The molecule has 9 heteroatoms. The first-order valence-electron chi connectivity index (χ1n) is 5.81. The van der Waals surface area contributed by atoms with Crippen molar-refractivity contribution in [2.24, 2.45) is 5.73 Å². The quantitative estimate of drug-likeness (QED) is 0.849. The molecule has 0 atom stereocenters. The van der Waals surface area contributed by atoms with E-state index in [2.05, 4.69) is 0 Å². The monoisotopic (exact) mass is 314 g/mol. The molecule has 0 bridgehead atoms. The number of hydrogen-bond acceptors (Lipinski definition) is 2. The fraction of sp³-hybridized carbons (Fsp3) is 0.417. The zero-order valence-corrected chi connectivity index (χ0v) is 10.6. The summed E-state index contributed by atoms with van der Waals surface area (Å²) in [7, 11) is 0. The molecular formula is C12H12F6N2O. The van der Waals surface area contributed by atoms with Crippen molar-refractivity contribution >= 4 is 5.91 Å². The lowest BCUT2D eigenvalue weighted by atomic mass is 10.1. The highest BCUT2D eigenvalue weighted by molar-refractivity contribution is 5.94. The highest BCUT2D eigenvalue weighted by atomic mass is 19.4. The van der Waals surface area contributed by atoms with Crippen molar-refractivity contribution in [3.63, 3.8) is 0 Å². The molecule has 0 aliphatic rings. The van der Waals surface area contributed by atoms with Gasteiger partial charge in [-0.25, -0.2) is 13.2 Å². The first-order valence-corrected chi connectivity index (χ1v) is 5.81. The summed E-state index contributed by atoms with van der Waals surface area (Å²) in [6.45, 7) is -1.54. The Morgan fingerprint density at radius 1 is 1.29 bits per heavy atom. The highest BCUT2D eigenvalue weighted by Gasteiger charge is 2.32. The van der Waals surface area contributed by atoms with Crippen LogP contribution in [0.3, 0.4) is 0 Å². The van der Waals surface area contributed by atoms with Crippen molar-refractivity contribution in [3.8, 4) is 0 Å². The number of carbonyl (C=O) groups is 1. The van der Waals surface area contributed by atoms with E-state index in [1.165, 1.54) is 0 Å². The van der Waals surface area contributed by atoms with Crippen LogP contribution in [0.1, 0.15) is 15.9 Å². The fourth-order valence-electron chi connectivity index (χ4n) is 1.63. The van der Waals surface area contributed by atoms with Gasteiger partial charge >= 0.3 is 6.18 Å². The van der Waals surface area contributed by atoms with Crippen LogP contribution in [-0.4, -0.2) is 36.9 Å². The van der Waals surface area contributed by atoms with Crippen molar-refractivity contribution in [3.05, 3.63) is 35.1 Å². The zero-order valence-electron chi connectivity index (χ0n) is 10.6. The Bertz CT molecular complexity index is 503. The third-order valence-corrected chi connectivity index (χ3v) is 2.57. The van der Waals surface area contributed by atoms with E-state index in [0.717, 1.165) is 0 Å². The molecule has 1 amide bonds. The molecule has 0 saturated heterocycles. The largest absolute Gasteiger partial charge is 0.416 e. The second-order valence-electron chi connectivity index (χ2n) is 4.12. The topological polar surface area (TPSA) is 46.3 Å². The molecule has 0 radical (unpaired) electrons. The average Bonchev–Trinajstić information content (AvgIpc) is 2.36. The molecule has 3 nitrogen and oxygen atoms in total.